The topological polar surface area (TPSA) is 53.7 Å². The van der Waals surface area contributed by atoms with Crippen LogP contribution in [0.3, 0.4) is 0 Å². The first-order valence-electron chi connectivity index (χ1n) is 7.05. The Morgan fingerprint density at radius 1 is 1.45 bits per heavy atom. The molecule has 20 heavy (non-hydrogen) atoms. The number of nitrogens with two attached hydrogens (primary N) is 1. The van der Waals surface area contributed by atoms with E-state index in [1.807, 2.05) is 12.1 Å². The highest BCUT2D eigenvalue weighted by atomic mass is 79.9. The molecule has 1 atom stereocenters. The van der Waals surface area contributed by atoms with Crippen molar-refractivity contribution in [3.05, 3.63) is 22.2 Å². The molecule has 4 nitrogen and oxygen atoms in total. The lowest BCUT2D eigenvalue weighted by Gasteiger charge is -2.15. The molecular formula is C15H22BrNO3. The summed E-state index contributed by atoms with van der Waals surface area (Å²) in [6.07, 6.45) is 4.83. The molecule has 0 radical (unpaired) electrons. The molecule has 1 aromatic rings. The lowest BCUT2D eigenvalue weighted by molar-refractivity contribution is 0.0979. The summed E-state index contributed by atoms with van der Waals surface area (Å²) in [6, 6.07) is 3.89. The van der Waals surface area contributed by atoms with Crippen molar-refractivity contribution < 1.29 is 14.2 Å². The third-order valence-electron chi connectivity index (χ3n) is 3.47. The molecule has 0 aromatic heterocycles. The third-order valence-corrected chi connectivity index (χ3v) is 4.05. The molecule has 1 heterocycles. The standard InChI is InChI=1S/C15H22BrNO3/c1-18-14-9-11(10-17)8-13(16)15(14)20-7-3-5-12-4-2-6-19-12/h8-9,12H,2-7,10,17H2,1H3. The van der Waals surface area contributed by atoms with Gasteiger partial charge in [0.05, 0.1) is 24.3 Å². The van der Waals surface area contributed by atoms with E-state index in [1.165, 1.54) is 12.8 Å². The molecule has 1 aliphatic heterocycles. The number of ether oxygens (including phenoxy) is 3. The Kier molecular flexibility index (Phi) is 6.13. The normalized spacial score (nSPS) is 18.2. The molecule has 2 N–H and O–H groups in total. The van der Waals surface area contributed by atoms with Gasteiger partial charge < -0.3 is 19.9 Å². The van der Waals surface area contributed by atoms with Gasteiger partial charge in [-0.3, -0.25) is 0 Å². The molecule has 5 heteroatoms. The molecule has 1 unspecified atom stereocenters. The minimum atomic E-state index is 0.420. The zero-order valence-corrected chi connectivity index (χ0v) is 13.4. The van der Waals surface area contributed by atoms with E-state index in [2.05, 4.69) is 15.9 Å². The second-order valence-corrected chi connectivity index (χ2v) is 5.79. The summed E-state index contributed by atoms with van der Waals surface area (Å²) >= 11 is 3.51. The average molecular weight is 344 g/mol. The molecule has 1 fully saturated rings. The van der Waals surface area contributed by atoms with Gasteiger partial charge in [0.1, 0.15) is 0 Å². The van der Waals surface area contributed by atoms with Gasteiger partial charge in [0.2, 0.25) is 0 Å². The fourth-order valence-corrected chi connectivity index (χ4v) is 2.99. The van der Waals surface area contributed by atoms with Gasteiger partial charge in [-0.25, -0.2) is 0 Å². The zero-order valence-electron chi connectivity index (χ0n) is 11.9. The zero-order chi connectivity index (χ0) is 14.4. The van der Waals surface area contributed by atoms with Crippen LogP contribution >= 0.6 is 15.9 Å². The highest BCUT2D eigenvalue weighted by Crippen LogP contribution is 2.36. The van der Waals surface area contributed by atoms with Gasteiger partial charge in [-0.15, -0.1) is 0 Å². The van der Waals surface area contributed by atoms with Crippen LogP contribution in [0.25, 0.3) is 0 Å². The van der Waals surface area contributed by atoms with Gasteiger partial charge in [0.15, 0.2) is 11.5 Å². The summed E-state index contributed by atoms with van der Waals surface area (Å²) in [6.45, 7) is 2.05. The Labute approximate surface area is 128 Å². The number of halogens is 1. The Morgan fingerprint density at radius 3 is 2.95 bits per heavy atom. The molecule has 0 spiro atoms. The van der Waals surface area contributed by atoms with E-state index in [0.29, 0.717) is 19.3 Å². The minimum Gasteiger partial charge on any atom is -0.493 e. The van der Waals surface area contributed by atoms with Crippen LogP contribution in [0.1, 0.15) is 31.2 Å². The van der Waals surface area contributed by atoms with E-state index in [-0.39, 0.29) is 0 Å². The summed E-state index contributed by atoms with van der Waals surface area (Å²) in [7, 11) is 1.64. The van der Waals surface area contributed by atoms with E-state index in [4.69, 9.17) is 19.9 Å². The van der Waals surface area contributed by atoms with E-state index >= 15 is 0 Å². The van der Waals surface area contributed by atoms with Crippen molar-refractivity contribution in [2.45, 2.75) is 38.3 Å². The number of methoxy groups -OCH3 is 1. The van der Waals surface area contributed by atoms with Gasteiger partial charge in [-0.05, 0) is 59.3 Å². The van der Waals surface area contributed by atoms with Crippen LogP contribution in [-0.2, 0) is 11.3 Å². The van der Waals surface area contributed by atoms with Crippen molar-refractivity contribution in [2.75, 3.05) is 20.3 Å². The summed E-state index contributed by atoms with van der Waals surface area (Å²) < 4.78 is 17.7. The molecular weight excluding hydrogens is 322 g/mol. The Bertz CT molecular complexity index is 433. The van der Waals surface area contributed by atoms with E-state index in [1.54, 1.807) is 7.11 Å². The van der Waals surface area contributed by atoms with Crippen molar-refractivity contribution in [1.29, 1.82) is 0 Å². The number of benzene rings is 1. The fourth-order valence-electron chi connectivity index (χ4n) is 2.39. The summed E-state index contributed by atoms with van der Waals surface area (Å²) in [5.41, 5.74) is 6.67. The molecule has 1 saturated heterocycles. The van der Waals surface area contributed by atoms with Gasteiger partial charge in [-0.2, -0.15) is 0 Å². The van der Waals surface area contributed by atoms with Crippen molar-refractivity contribution in [1.82, 2.24) is 0 Å². The quantitative estimate of drug-likeness (QED) is 0.772. The van der Waals surface area contributed by atoms with Crippen LogP contribution in [0, 0.1) is 0 Å². The smallest absolute Gasteiger partial charge is 0.175 e. The predicted molar refractivity (Wildman–Crippen MR) is 82.3 cm³/mol. The first kappa shape index (κ1) is 15.6. The maximum atomic E-state index is 5.85. The van der Waals surface area contributed by atoms with Crippen molar-refractivity contribution in [2.24, 2.45) is 5.73 Å². The lowest BCUT2D eigenvalue weighted by Crippen LogP contribution is -2.08. The Hall–Kier alpha value is -0.780. The lowest BCUT2D eigenvalue weighted by atomic mass is 10.1. The molecule has 2 rings (SSSR count). The molecule has 0 aliphatic carbocycles. The van der Waals surface area contributed by atoms with Crippen LogP contribution < -0.4 is 15.2 Å². The molecule has 112 valence electrons. The first-order chi connectivity index (χ1) is 9.74. The maximum absolute atomic E-state index is 5.85. The Morgan fingerprint density at radius 2 is 2.30 bits per heavy atom. The number of rotatable bonds is 7. The van der Waals surface area contributed by atoms with Crippen molar-refractivity contribution >= 4 is 15.9 Å². The predicted octanol–water partition coefficient (Wildman–Crippen LogP) is 3.25. The van der Waals surface area contributed by atoms with E-state index in [9.17, 15) is 0 Å². The third kappa shape index (κ3) is 4.11. The highest BCUT2D eigenvalue weighted by Gasteiger charge is 2.15. The molecule has 1 aliphatic rings. The van der Waals surface area contributed by atoms with Crippen LogP contribution in [0.2, 0.25) is 0 Å². The first-order valence-corrected chi connectivity index (χ1v) is 7.84. The summed E-state index contributed by atoms with van der Waals surface area (Å²) in [4.78, 5) is 0. The van der Waals surface area contributed by atoms with E-state index in [0.717, 1.165) is 41.0 Å². The summed E-state index contributed by atoms with van der Waals surface area (Å²) in [5.74, 6) is 1.47. The number of hydrogen-bond donors (Lipinski definition) is 1. The molecule has 1 aromatic carbocycles. The molecule has 0 amide bonds. The van der Waals surface area contributed by atoms with Gasteiger partial charge in [0.25, 0.3) is 0 Å². The second kappa shape index (κ2) is 7.86. The fraction of sp³-hybridized carbons (Fsp3) is 0.600. The van der Waals surface area contributed by atoms with Gasteiger partial charge in [-0.1, -0.05) is 0 Å². The number of hydrogen-bond acceptors (Lipinski definition) is 4. The monoisotopic (exact) mass is 343 g/mol. The van der Waals surface area contributed by atoms with Crippen LogP contribution in [-0.4, -0.2) is 26.4 Å². The SMILES string of the molecule is COc1cc(CN)cc(Br)c1OCCCC1CCCO1. The Balaban J connectivity index is 1.87. The van der Waals surface area contributed by atoms with Crippen LogP contribution in [0.15, 0.2) is 16.6 Å². The van der Waals surface area contributed by atoms with Crippen molar-refractivity contribution in [3.63, 3.8) is 0 Å². The summed E-state index contributed by atoms with van der Waals surface area (Å²) in [5, 5.41) is 0. The largest absolute Gasteiger partial charge is 0.493 e. The second-order valence-electron chi connectivity index (χ2n) is 4.94. The highest BCUT2D eigenvalue weighted by molar-refractivity contribution is 9.10. The van der Waals surface area contributed by atoms with Gasteiger partial charge in [0, 0.05) is 13.2 Å². The molecule has 0 saturated carbocycles. The van der Waals surface area contributed by atoms with Crippen LogP contribution in [0.5, 0.6) is 11.5 Å². The van der Waals surface area contributed by atoms with Crippen LogP contribution in [0.4, 0.5) is 0 Å². The average Bonchev–Trinajstić information content (AvgIpc) is 2.97. The van der Waals surface area contributed by atoms with E-state index < -0.39 is 0 Å². The maximum Gasteiger partial charge on any atom is 0.175 e. The van der Waals surface area contributed by atoms with Gasteiger partial charge >= 0.3 is 0 Å². The molecule has 0 bridgehead atoms. The van der Waals surface area contributed by atoms with Crippen molar-refractivity contribution in [3.8, 4) is 11.5 Å². The minimum absolute atomic E-state index is 0.420.